The standard InChI is InChI=1S/C17H29N3/c1-5-8-18-11-13-6-7-15-14(9-13)12-19-16(20-15)10-17(2,3)4/h12-13,18H,5-11H2,1-4H3. The van der Waals surface area contributed by atoms with Gasteiger partial charge in [-0.25, -0.2) is 9.97 Å². The summed E-state index contributed by atoms with van der Waals surface area (Å²) < 4.78 is 0. The fraction of sp³-hybridized carbons (Fsp3) is 0.765. The molecule has 2 rings (SSSR count). The molecule has 0 radical (unpaired) electrons. The smallest absolute Gasteiger partial charge is 0.129 e. The summed E-state index contributed by atoms with van der Waals surface area (Å²) in [6.07, 6.45) is 7.77. The highest BCUT2D eigenvalue weighted by atomic mass is 14.9. The molecule has 0 spiro atoms. The lowest BCUT2D eigenvalue weighted by molar-refractivity contribution is 0.393. The molecular formula is C17H29N3. The van der Waals surface area contributed by atoms with Gasteiger partial charge in [0.05, 0.1) is 0 Å². The Labute approximate surface area is 123 Å². The van der Waals surface area contributed by atoms with Gasteiger partial charge in [-0.3, -0.25) is 0 Å². The Balaban J connectivity index is 1.97. The monoisotopic (exact) mass is 275 g/mol. The molecule has 1 aliphatic carbocycles. The summed E-state index contributed by atoms with van der Waals surface area (Å²) in [5.74, 6) is 1.77. The molecule has 1 unspecified atom stereocenters. The van der Waals surface area contributed by atoms with Crippen molar-refractivity contribution in [3.8, 4) is 0 Å². The Morgan fingerprint density at radius 1 is 1.35 bits per heavy atom. The molecule has 20 heavy (non-hydrogen) atoms. The molecule has 1 atom stereocenters. The minimum atomic E-state index is 0.259. The fourth-order valence-electron chi connectivity index (χ4n) is 2.84. The molecule has 0 bridgehead atoms. The molecule has 0 saturated carbocycles. The van der Waals surface area contributed by atoms with Crippen LogP contribution in [0.15, 0.2) is 6.20 Å². The molecule has 1 N–H and O–H groups in total. The van der Waals surface area contributed by atoms with Gasteiger partial charge < -0.3 is 5.32 Å². The van der Waals surface area contributed by atoms with Gasteiger partial charge in [0, 0.05) is 18.3 Å². The van der Waals surface area contributed by atoms with Crippen molar-refractivity contribution in [1.29, 1.82) is 0 Å². The van der Waals surface area contributed by atoms with E-state index >= 15 is 0 Å². The van der Waals surface area contributed by atoms with Crippen molar-refractivity contribution < 1.29 is 0 Å². The average molecular weight is 275 g/mol. The zero-order chi connectivity index (χ0) is 14.6. The maximum Gasteiger partial charge on any atom is 0.129 e. The van der Waals surface area contributed by atoms with Crippen LogP contribution in [0.4, 0.5) is 0 Å². The van der Waals surface area contributed by atoms with Crippen LogP contribution in [-0.4, -0.2) is 23.1 Å². The number of nitrogens with zero attached hydrogens (tertiary/aromatic N) is 2. The van der Waals surface area contributed by atoms with E-state index in [1.807, 2.05) is 0 Å². The summed E-state index contributed by atoms with van der Waals surface area (Å²) >= 11 is 0. The number of nitrogens with one attached hydrogen (secondary N) is 1. The first-order chi connectivity index (χ1) is 9.48. The van der Waals surface area contributed by atoms with Gasteiger partial charge in [0.25, 0.3) is 0 Å². The fourth-order valence-corrected chi connectivity index (χ4v) is 2.84. The first-order valence-corrected chi connectivity index (χ1v) is 8.02. The van der Waals surface area contributed by atoms with Crippen molar-refractivity contribution in [2.24, 2.45) is 11.3 Å². The third kappa shape index (κ3) is 4.55. The van der Waals surface area contributed by atoms with Gasteiger partial charge in [0.2, 0.25) is 0 Å². The molecule has 3 nitrogen and oxygen atoms in total. The lowest BCUT2D eigenvalue weighted by atomic mass is 9.86. The normalized spacial score (nSPS) is 18.9. The lowest BCUT2D eigenvalue weighted by Crippen LogP contribution is -2.28. The third-order valence-corrected chi connectivity index (χ3v) is 3.85. The topological polar surface area (TPSA) is 37.8 Å². The third-order valence-electron chi connectivity index (χ3n) is 3.85. The van der Waals surface area contributed by atoms with Crippen LogP contribution in [0, 0.1) is 11.3 Å². The summed E-state index contributed by atoms with van der Waals surface area (Å²) in [4.78, 5) is 9.37. The number of fused-ring (bicyclic) bond motifs is 1. The number of rotatable bonds is 5. The highest BCUT2D eigenvalue weighted by Crippen LogP contribution is 2.25. The first-order valence-electron chi connectivity index (χ1n) is 8.02. The van der Waals surface area contributed by atoms with E-state index in [0.717, 1.165) is 44.1 Å². The largest absolute Gasteiger partial charge is 0.316 e. The van der Waals surface area contributed by atoms with Crippen LogP contribution in [0.25, 0.3) is 0 Å². The van der Waals surface area contributed by atoms with Crippen molar-refractivity contribution in [2.75, 3.05) is 13.1 Å². The number of hydrogen-bond acceptors (Lipinski definition) is 3. The summed E-state index contributed by atoms with van der Waals surface area (Å²) in [5, 5.41) is 3.54. The van der Waals surface area contributed by atoms with E-state index in [2.05, 4.69) is 44.2 Å². The van der Waals surface area contributed by atoms with E-state index in [0.29, 0.717) is 0 Å². The highest BCUT2D eigenvalue weighted by Gasteiger charge is 2.21. The van der Waals surface area contributed by atoms with E-state index in [1.54, 1.807) is 0 Å². The Morgan fingerprint density at radius 2 is 2.15 bits per heavy atom. The van der Waals surface area contributed by atoms with Gasteiger partial charge >= 0.3 is 0 Å². The zero-order valence-electron chi connectivity index (χ0n) is 13.5. The van der Waals surface area contributed by atoms with Crippen LogP contribution < -0.4 is 5.32 Å². The molecule has 0 aliphatic heterocycles. The minimum absolute atomic E-state index is 0.259. The second-order valence-corrected chi connectivity index (χ2v) is 7.31. The van der Waals surface area contributed by atoms with Gasteiger partial charge in [0.1, 0.15) is 5.82 Å². The SMILES string of the molecule is CCCNCC1CCc2nc(CC(C)(C)C)ncc2C1. The van der Waals surface area contributed by atoms with Gasteiger partial charge in [-0.1, -0.05) is 27.7 Å². The quantitative estimate of drug-likeness (QED) is 0.839. The van der Waals surface area contributed by atoms with Crippen LogP contribution in [-0.2, 0) is 19.3 Å². The predicted molar refractivity (Wildman–Crippen MR) is 83.9 cm³/mol. The van der Waals surface area contributed by atoms with Gasteiger partial charge in [-0.2, -0.15) is 0 Å². The second-order valence-electron chi connectivity index (χ2n) is 7.31. The first kappa shape index (κ1) is 15.4. The minimum Gasteiger partial charge on any atom is -0.316 e. The number of hydrogen-bond donors (Lipinski definition) is 1. The van der Waals surface area contributed by atoms with Crippen molar-refractivity contribution >= 4 is 0 Å². The number of aryl methyl sites for hydroxylation is 1. The molecule has 0 saturated heterocycles. The Morgan fingerprint density at radius 3 is 2.85 bits per heavy atom. The van der Waals surface area contributed by atoms with Gasteiger partial charge in [0.15, 0.2) is 0 Å². The molecule has 0 fully saturated rings. The Kier molecular flexibility index (Phi) is 5.14. The van der Waals surface area contributed by atoms with Crippen LogP contribution in [0.2, 0.25) is 0 Å². The maximum atomic E-state index is 4.80. The summed E-state index contributed by atoms with van der Waals surface area (Å²) in [7, 11) is 0. The van der Waals surface area contributed by atoms with E-state index in [-0.39, 0.29) is 5.41 Å². The van der Waals surface area contributed by atoms with E-state index in [9.17, 15) is 0 Å². The second kappa shape index (κ2) is 6.66. The van der Waals surface area contributed by atoms with E-state index in [4.69, 9.17) is 4.98 Å². The van der Waals surface area contributed by atoms with Crippen LogP contribution in [0.1, 0.15) is 57.6 Å². The van der Waals surface area contributed by atoms with Crippen LogP contribution >= 0.6 is 0 Å². The Bertz CT molecular complexity index is 434. The van der Waals surface area contributed by atoms with Crippen molar-refractivity contribution in [2.45, 2.75) is 59.8 Å². The Hall–Kier alpha value is -0.960. The molecule has 1 aromatic heterocycles. The van der Waals surface area contributed by atoms with Crippen molar-refractivity contribution in [1.82, 2.24) is 15.3 Å². The lowest BCUT2D eigenvalue weighted by Gasteiger charge is -2.25. The van der Waals surface area contributed by atoms with Crippen molar-refractivity contribution in [3.05, 3.63) is 23.3 Å². The average Bonchev–Trinajstić information content (AvgIpc) is 2.37. The van der Waals surface area contributed by atoms with Crippen LogP contribution in [0.3, 0.4) is 0 Å². The molecule has 112 valence electrons. The molecule has 1 heterocycles. The number of aromatic nitrogens is 2. The van der Waals surface area contributed by atoms with Crippen LogP contribution in [0.5, 0.6) is 0 Å². The maximum absolute atomic E-state index is 4.80. The van der Waals surface area contributed by atoms with Gasteiger partial charge in [-0.05, 0) is 55.7 Å². The molecule has 1 aromatic rings. The molecule has 0 amide bonds. The molecule has 1 aliphatic rings. The van der Waals surface area contributed by atoms with E-state index < -0.39 is 0 Å². The summed E-state index contributed by atoms with van der Waals surface area (Å²) in [5.41, 5.74) is 2.93. The summed E-state index contributed by atoms with van der Waals surface area (Å²) in [6.45, 7) is 11.2. The predicted octanol–water partition coefficient (Wildman–Crippen LogP) is 3.17. The van der Waals surface area contributed by atoms with E-state index in [1.165, 1.54) is 24.1 Å². The molecular weight excluding hydrogens is 246 g/mol. The highest BCUT2D eigenvalue weighted by molar-refractivity contribution is 5.21. The van der Waals surface area contributed by atoms with Gasteiger partial charge in [-0.15, -0.1) is 0 Å². The zero-order valence-corrected chi connectivity index (χ0v) is 13.5. The molecule has 0 aromatic carbocycles. The van der Waals surface area contributed by atoms with Crippen molar-refractivity contribution in [3.63, 3.8) is 0 Å². The molecule has 3 heteroatoms. The summed E-state index contributed by atoms with van der Waals surface area (Å²) in [6, 6.07) is 0.